The number of benzene rings is 1. The number of nitrogens with one attached hydrogen (secondary N) is 1. The molecule has 1 aliphatic heterocycles. The largest absolute Gasteiger partial charge is 0.309 e. The molecule has 1 aliphatic rings. The highest BCUT2D eigenvalue weighted by atomic mass is 32.2. The van der Waals surface area contributed by atoms with E-state index >= 15 is 0 Å². The number of hydrogen-bond acceptors (Lipinski definition) is 4. The predicted molar refractivity (Wildman–Crippen MR) is 86.1 cm³/mol. The van der Waals surface area contributed by atoms with Crippen LogP contribution < -0.4 is 5.32 Å². The van der Waals surface area contributed by atoms with Crippen molar-refractivity contribution in [2.75, 3.05) is 18.6 Å². The van der Waals surface area contributed by atoms with Gasteiger partial charge in [0.25, 0.3) is 0 Å². The van der Waals surface area contributed by atoms with Crippen molar-refractivity contribution in [3.05, 3.63) is 29.8 Å². The molecule has 0 aliphatic carbocycles. The van der Waals surface area contributed by atoms with Gasteiger partial charge in [0.2, 0.25) is 0 Å². The van der Waals surface area contributed by atoms with E-state index in [-0.39, 0.29) is 6.04 Å². The van der Waals surface area contributed by atoms with Crippen LogP contribution in [0.15, 0.2) is 29.2 Å². The van der Waals surface area contributed by atoms with Gasteiger partial charge in [-0.3, -0.25) is 0 Å². The summed E-state index contributed by atoms with van der Waals surface area (Å²) >= 11 is 2.05. The van der Waals surface area contributed by atoms with Gasteiger partial charge in [0.15, 0.2) is 9.84 Å². The normalized spacial score (nSPS) is 24.8. The molecule has 0 radical (unpaired) electrons. The molecular formula is C15H23NO2S2. The molecule has 1 aromatic carbocycles. The molecule has 2 unspecified atom stereocenters. The number of sulfone groups is 1. The van der Waals surface area contributed by atoms with Crippen LogP contribution in [0.4, 0.5) is 0 Å². The van der Waals surface area contributed by atoms with E-state index in [2.05, 4.69) is 19.2 Å². The quantitative estimate of drug-likeness (QED) is 0.907. The van der Waals surface area contributed by atoms with E-state index in [1.54, 1.807) is 12.1 Å². The van der Waals surface area contributed by atoms with Crippen molar-refractivity contribution < 1.29 is 8.42 Å². The maximum atomic E-state index is 11.4. The molecule has 0 saturated carbocycles. The van der Waals surface area contributed by atoms with Crippen molar-refractivity contribution in [2.24, 2.45) is 0 Å². The van der Waals surface area contributed by atoms with Crippen LogP contribution in [0, 0.1) is 0 Å². The number of thioether (sulfide) groups is 1. The second-order valence-corrected chi connectivity index (χ2v) is 9.54. The topological polar surface area (TPSA) is 46.2 Å². The van der Waals surface area contributed by atoms with Crippen LogP contribution >= 0.6 is 11.8 Å². The smallest absolute Gasteiger partial charge is 0.175 e. The molecule has 3 nitrogen and oxygen atoms in total. The minimum Gasteiger partial charge on any atom is -0.309 e. The van der Waals surface area contributed by atoms with Crippen molar-refractivity contribution in [1.29, 1.82) is 0 Å². The van der Waals surface area contributed by atoms with Crippen LogP contribution in [0.3, 0.4) is 0 Å². The minimum absolute atomic E-state index is 0.238. The van der Waals surface area contributed by atoms with Crippen molar-refractivity contribution in [1.82, 2.24) is 5.32 Å². The molecule has 2 atom stereocenters. The average Bonchev–Trinajstić information content (AvgIpc) is 2.83. The zero-order valence-electron chi connectivity index (χ0n) is 12.3. The van der Waals surface area contributed by atoms with Crippen LogP contribution in [-0.2, 0) is 9.84 Å². The third kappa shape index (κ3) is 3.99. The van der Waals surface area contributed by atoms with E-state index in [1.165, 1.54) is 24.9 Å². The molecule has 112 valence electrons. The van der Waals surface area contributed by atoms with Gasteiger partial charge in [-0.05, 0) is 50.1 Å². The Morgan fingerprint density at radius 2 is 2.00 bits per heavy atom. The van der Waals surface area contributed by atoms with E-state index in [0.29, 0.717) is 9.64 Å². The van der Waals surface area contributed by atoms with Crippen LogP contribution in [0.5, 0.6) is 0 Å². The maximum Gasteiger partial charge on any atom is 0.175 e. The highest BCUT2D eigenvalue weighted by Crippen LogP contribution is 2.37. The molecule has 1 N–H and O–H groups in total. The first-order valence-electron chi connectivity index (χ1n) is 6.98. The summed E-state index contributed by atoms with van der Waals surface area (Å²) in [6.45, 7) is 5.43. The predicted octanol–water partition coefficient (Wildman–Crippen LogP) is 3.03. The van der Waals surface area contributed by atoms with Gasteiger partial charge >= 0.3 is 0 Å². The molecule has 1 fully saturated rings. The molecule has 5 heteroatoms. The van der Waals surface area contributed by atoms with Crippen LogP contribution in [0.25, 0.3) is 0 Å². The zero-order chi connectivity index (χ0) is 14.8. The summed E-state index contributed by atoms with van der Waals surface area (Å²) in [5.41, 5.74) is 1.13. The minimum atomic E-state index is -3.10. The Morgan fingerprint density at radius 1 is 1.35 bits per heavy atom. The maximum absolute atomic E-state index is 11.4. The summed E-state index contributed by atoms with van der Waals surface area (Å²) in [4.78, 5) is 0.381. The van der Waals surface area contributed by atoms with E-state index in [0.717, 1.165) is 12.1 Å². The Morgan fingerprint density at radius 3 is 2.50 bits per heavy atom. The molecule has 1 heterocycles. The Balaban J connectivity index is 1.97. The van der Waals surface area contributed by atoms with Gasteiger partial charge in [-0.2, -0.15) is 11.8 Å². The SMILES string of the molecule is CC(NCC1(C)CCCS1)c1ccc(S(C)(=O)=O)cc1. The van der Waals surface area contributed by atoms with Gasteiger partial charge in [0, 0.05) is 23.6 Å². The summed E-state index contributed by atoms with van der Waals surface area (Å²) < 4.78 is 23.2. The molecule has 1 aromatic rings. The average molecular weight is 313 g/mol. The third-order valence-corrected chi connectivity index (χ3v) is 6.56. The molecule has 0 amide bonds. The fourth-order valence-corrected chi connectivity index (χ4v) is 4.35. The van der Waals surface area contributed by atoms with Crippen molar-refractivity contribution in [3.63, 3.8) is 0 Å². The zero-order valence-corrected chi connectivity index (χ0v) is 14.0. The molecule has 20 heavy (non-hydrogen) atoms. The van der Waals surface area contributed by atoms with Crippen molar-refractivity contribution in [3.8, 4) is 0 Å². The Labute approximate surface area is 126 Å². The second kappa shape index (κ2) is 6.08. The summed E-state index contributed by atoms with van der Waals surface area (Å²) in [7, 11) is -3.10. The molecule has 0 bridgehead atoms. The van der Waals surface area contributed by atoms with Gasteiger partial charge in [-0.1, -0.05) is 12.1 Å². The lowest BCUT2D eigenvalue weighted by Crippen LogP contribution is -2.34. The van der Waals surface area contributed by atoms with E-state index in [1.807, 2.05) is 23.9 Å². The van der Waals surface area contributed by atoms with Crippen LogP contribution in [0.1, 0.15) is 38.3 Å². The highest BCUT2D eigenvalue weighted by molar-refractivity contribution is 8.00. The Kier molecular flexibility index (Phi) is 4.82. The highest BCUT2D eigenvalue weighted by Gasteiger charge is 2.29. The van der Waals surface area contributed by atoms with E-state index in [9.17, 15) is 8.42 Å². The van der Waals surface area contributed by atoms with Gasteiger partial charge in [-0.25, -0.2) is 8.42 Å². The fraction of sp³-hybridized carbons (Fsp3) is 0.600. The van der Waals surface area contributed by atoms with Gasteiger partial charge < -0.3 is 5.32 Å². The number of hydrogen-bond donors (Lipinski definition) is 1. The standard InChI is InChI=1S/C15H23NO2S2/c1-12(16-11-15(2)9-4-10-19-15)13-5-7-14(8-6-13)20(3,17)18/h5-8,12,16H,4,9-11H2,1-3H3. The summed E-state index contributed by atoms with van der Waals surface area (Å²) in [6.07, 6.45) is 3.81. The number of rotatable bonds is 5. The van der Waals surface area contributed by atoms with Crippen molar-refractivity contribution >= 4 is 21.6 Å². The first-order chi connectivity index (χ1) is 9.30. The summed E-state index contributed by atoms with van der Waals surface area (Å²) in [5, 5.41) is 3.57. The van der Waals surface area contributed by atoms with Crippen LogP contribution in [0.2, 0.25) is 0 Å². The first kappa shape index (κ1) is 15.9. The van der Waals surface area contributed by atoms with Gasteiger partial charge in [0.05, 0.1) is 4.90 Å². The second-order valence-electron chi connectivity index (χ2n) is 5.85. The molecule has 2 rings (SSSR count). The van der Waals surface area contributed by atoms with Crippen molar-refractivity contribution in [2.45, 2.75) is 42.4 Å². The Hall–Kier alpha value is -0.520. The summed E-state index contributed by atoms with van der Waals surface area (Å²) in [6, 6.07) is 7.42. The monoisotopic (exact) mass is 313 g/mol. The first-order valence-corrected chi connectivity index (χ1v) is 9.85. The van der Waals surface area contributed by atoms with Gasteiger partial charge in [0.1, 0.15) is 0 Å². The third-order valence-electron chi connectivity index (χ3n) is 3.89. The van der Waals surface area contributed by atoms with E-state index in [4.69, 9.17) is 0 Å². The van der Waals surface area contributed by atoms with E-state index < -0.39 is 9.84 Å². The fourth-order valence-electron chi connectivity index (χ4n) is 2.47. The lowest BCUT2D eigenvalue weighted by Gasteiger charge is -2.26. The molecule has 0 aromatic heterocycles. The Bertz CT molecular complexity index is 546. The van der Waals surface area contributed by atoms with Gasteiger partial charge in [-0.15, -0.1) is 0 Å². The molecular weight excluding hydrogens is 290 g/mol. The molecule has 1 saturated heterocycles. The summed E-state index contributed by atoms with van der Waals surface area (Å²) in [5.74, 6) is 1.26. The lowest BCUT2D eigenvalue weighted by molar-refractivity contribution is 0.490. The van der Waals surface area contributed by atoms with Crippen LogP contribution in [-0.4, -0.2) is 31.7 Å². The lowest BCUT2D eigenvalue weighted by atomic mass is 10.0. The molecule has 0 spiro atoms.